The highest BCUT2D eigenvalue weighted by Gasteiger charge is 2.04. The second-order valence-electron chi connectivity index (χ2n) is 9.26. The minimum Gasteiger partial charge on any atom is -0.469 e. The molecule has 0 atom stereocenters. The normalized spacial score (nSPS) is 11.4. The Morgan fingerprint density at radius 2 is 1.12 bits per heavy atom. The van der Waals surface area contributed by atoms with Crippen molar-refractivity contribution in [3.05, 3.63) is 12.2 Å². The average Bonchev–Trinajstić information content (AvgIpc) is 2.85. The lowest BCUT2D eigenvalue weighted by Crippen LogP contribution is -2.29. The molecule has 0 aromatic rings. The van der Waals surface area contributed by atoms with Gasteiger partial charge in [-0.25, -0.2) is 4.79 Å². The van der Waals surface area contributed by atoms with Crippen molar-refractivity contribution >= 4 is 11.9 Å². The summed E-state index contributed by atoms with van der Waals surface area (Å²) in [4.78, 5) is 24.5. The minimum absolute atomic E-state index is 0.0925. The fourth-order valence-corrected chi connectivity index (χ4v) is 4.15. The molecule has 0 spiro atoms. The van der Waals surface area contributed by atoms with E-state index in [1.807, 2.05) is 6.08 Å². The van der Waals surface area contributed by atoms with Crippen LogP contribution in [0.2, 0.25) is 0 Å². The zero-order valence-corrected chi connectivity index (χ0v) is 22.2. The Morgan fingerprint density at radius 3 is 1.59 bits per heavy atom. The molecule has 6 nitrogen and oxygen atoms in total. The van der Waals surface area contributed by atoms with Crippen LogP contribution in [0.25, 0.3) is 0 Å². The van der Waals surface area contributed by atoms with Crippen LogP contribution in [-0.2, 0) is 19.1 Å². The summed E-state index contributed by atoms with van der Waals surface area (Å²) in [7, 11) is 2.85. The molecule has 0 amide bonds. The Balaban J connectivity index is 3.49. The van der Waals surface area contributed by atoms with Crippen LogP contribution in [-0.4, -0.2) is 62.4 Å². The summed E-state index contributed by atoms with van der Waals surface area (Å²) in [5.41, 5.74) is 0. The van der Waals surface area contributed by atoms with E-state index in [1.165, 1.54) is 104 Å². The lowest BCUT2D eigenvalue weighted by Gasteiger charge is -2.21. The van der Waals surface area contributed by atoms with Gasteiger partial charge in [0.2, 0.25) is 0 Å². The molecule has 0 unspecified atom stereocenters. The van der Waals surface area contributed by atoms with E-state index < -0.39 is 0 Å². The van der Waals surface area contributed by atoms with Gasteiger partial charge >= 0.3 is 11.9 Å². The molecule has 0 rings (SSSR count). The van der Waals surface area contributed by atoms with Crippen molar-refractivity contribution in [2.75, 3.05) is 40.5 Å². The van der Waals surface area contributed by atoms with Gasteiger partial charge in [-0.1, -0.05) is 83.1 Å². The molecule has 0 fully saturated rings. The van der Waals surface area contributed by atoms with Crippen molar-refractivity contribution in [3.63, 3.8) is 0 Å². The van der Waals surface area contributed by atoms with Crippen LogP contribution in [0.1, 0.15) is 116 Å². The van der Waals surface area contributed by atoms with Crippen LogP contribution in [0, 0.1) is 0 Å². The lowest BCUT2D eigenvalue weighted by molar-refractivity contribution is -0.140. The summed E-state index contributed by atoms with van der Waals surface area (Å²) in [6.45, 7) is 3.25. The molecule has 0 aliphatic carbocycles. The number of ether oxygens (including phenoxy) is 2. The molecule has 200 valence electrons. The Bertz CT molecular complexity index is 495. The summed E-state index contributed by atoms with van der Waals surface area (Å²) >= 11 is 0. The van der Waals surface area contributed by atoms with Gasteiger partial charge in [0, 0.05) is 19.0 Å². The van der Waals surface area contributed by atoms with Crippen molar-refractivity contribution in [2.24, 2.45) is 0 Å². The van der Waals surface area contributed by atoms with Crippen LogP contribution in [0.15, 0.2) is 12.2 Å². The third-order valence-electron chi connectivity index (χ3n) is 6.30. The van der Waals surface area contributed by atoms with Gasteiger partial charge in [-0.3, -0.25) is 4.79 Å². The first-order valence-electron chi connectivity index (χ1n) is 13.8. The Morgan fingerprint density at radius 1 is 0.647 bits per heavy atom. The number of esters is 2. The predicted octanol–water partition coefficient (Wildman–Crippen LogP) is 6.20. The van der Waals surface area contributed by atoms with Crippen LogP contribution in [0.3, 0.4) is 0 Å². The summed E-state index contributed by atoms with van der Waals surface area (Å²) in [6.07, 6.45) is 24.6. The first kappa shape index (κ1) is 32.6. The number of aliphatic hydroxyl groups is 1. The second kappa shape index (κ2) is 26.2. The zero-order chi connectivity index (χ0) is 25.1. The van der Waals surface area contributed by atoms with E-state index in [2.05, 4.69) is 14.4 Å². The molecule has 0 saturated carbocycles. The third kappa shape index (κ3) is 23.7. The van der Waals surface area contributed by atoms with E-state index >= 15 is 0 Å². The quantitative estimate of drug-likeness (QED) is 0.0946. The van der Waals surface area contributed by atoms with Gasteiger partial charge in [-0.15, -0.1) is 0 Å². The predicted molar refractivity (Wildman–Crippen MR) is 140 cm³/mol. The van der Waals surface area contributed by atoms with E-state index in [1.54, 1.807) is 0 Å². The van der Waals surface area contributed by atoms with Crippen LogP contribution < -0.4 is 0 Å². The number of nitrogens with zero attached hydrogens (tertiary/aromatic N) is 1. The third-order valence-corrected chi connectivity index (χ3v) is 6.30. The molecule has 1 N–H and O–H groups in total. The number of hydrogen-bond acceptors (Lipinski definition) is 6. The average molecular weight is 484 g/mol. The SMILES string of the molecule is COC(=O)/C=C/CCCCCCCCCN(CCO)CCCCCCCCCCCC(=O)OC. The molecule has 6 heteroatoms. The van der Waals surface area contributed by atoms with E-state index in [-0.39, 0.29) is 18.5 Å². The number of carbonyl (C=O) groups is 2. The maximum absolute atomic E-state index is 11.1. The number of hydrogen-bond donors (Lipinski definition) is 1. The van der Waals surface area contributed by atoms with Gasteiger partial charge in [0.1, 0.15) is 0 Å². The highest BCUT2D eigenvalue weighted by molar-refractivity contribution is 5.81. The van der Waals surface area contributed by atoms with Gasteiger partial charge in [-0.05, 0) is 45.2 Å². The number of carbonyl (C=O) groups excluding carboxylic acids is 2. The van der Waals surface area contributed by atoms with E-state index in [9.17, 15) is 14.7 Å². The van der Waals surface area contributed by atoms with Crippen molar-refractivity contribution in [2.45, 2.75) is 116 Å². The summed E-state index contributed by atoms with van der Waals surface area (Å²) in [5, 5.41) is 9.35. The topological polar surface area (TPSA) is 76.1 Å². The smallest absolute Gasteiger partial charge is 0.330 e. The van der Waals surface area contributed by atoms with Crippen LogP contribution >= 0.6 is 0 Å². The highest BCUT2D eigenvalue weighted by Crippen LogP contribution is 2.12. The molecule has 0 aliphatic heterocycles. The molecular formula is C28H53NO5. The Labute approximate surface area is 209 Å². The summed E-state index contributed by atoms with van der Waals surface area (Å²) in [6, 6.07) is 0. The fourth-order valence-electron chi connectivity index (χ4n) is 4.15. The van der Waals surface area contributed by atoms with Gasteiger partial charge < -0.3 is 19.5 Å². The first-order valence-corrected chi connectivity index (χ1v) is 13.8. The van der Waals surface area contributed by atoms with Crippen molar-refractivity contribution in [1.29, 1.82) is 0 Å². The van der Waals surface area contributed by atoms with Gasteiger partial charge in [-0.2, -0.15) is 0 Å². The number of aliphatic hydroxyl groups excluding tert-OH is 1. The summed E-state index contributed by atoms with van der Waals surface area (Å²) in [5.74, 6) is -0.364. The Kier molecular flexibility index (Phi) is 25.1. The number of allylic oxidation sites excluding steroid dienone is 1. The molecule has 0 aromatic heterocycles. The van der Waals surface area contributed by atoms with E-state index in [4.69, 9.17) is 0 Å². The second-order valence-corrected chi connectivity index (χ2v) is 9.26. The number of unbranched alkanes of at least 4 members (excludes halogenated alkanes) is 15. The summed E-state index contributed by atoms with van der Waals surface area (Å²) < 4.78 is 9.23. The van der Waals surface area contributed by atoms with Crippen molar-refractivity contribution in [3.8, 4) is 0 Å². The van der Waals surface area contributed by atoms with Gasteiger partial charge in [0.25, 0.3) is 0 Å². The molecule has 0 heterocycles. The standard InChI is InChI=1S/C28H53NO5/c1-33-27(31)21-17-13-9-5-3-7-11-15-19-23-29(25-26-30)24-20-16-12-8-4-6-10-14-18-22-28(32)34-2/h17,21,30H,3-16,18-20,22-26H2,1-2H3/b21-17+. The Hall–Kier alpha value is -1.40. The van der Waals surface area contributed by atoms with Crippen molar-refractivity contribution in [1.82, 2.24) is 4.90 Å². The molecule has 0 radical (unpaired) electrons. The lowest BCUT2D eigenvalue weighted by atomic mass is 10.1. The van der Waals surface area contributed by atoms with Crippen LogP contribution in [0.4, 0.5) is 0 Å². The molecular weight excluding hydrogens is 430 g/mol. The van der Waals surface area contributed by atoms with Gasteiger partial charge in [0.05, 0.1) is 20.8 Å². The molecule has 0 aromatic carbocycles. The maximum atomic E-state index is 11.1. The van der Waals surface area contributed by atoms with Crippen molar-refractivity contribution < 1.29 is 24.2 Å². The van der Waals surface area contributed by atoms with E-state index in [0.29, 0.717) is 6.42 Å². The maximum Gasteiger partial charge on any atom is 0.330 e. The van der Waals surface area contributed by atoms with Gasteiger partial charge in [0.15, 0.2) is 0 Å². The highest BCUT2D eigenvalue weighted by atomic mass is 16.5. The zero-order valence-electron chi connectivity index (χ0n) is 22.2. The molecule has 0 aliphatic rings. The molecule has 34 heavy (non-hydrogen) atoms. The number of rotatable bonds is 25. The minimum atomic E-state index is -0.271. The van der Waals surface area contributed by atoms with E-state index in [0.717, 1.165) is 45.3 Å². The van der Waals surface area contributed by atoms with Crippen LogP contribution in [0.5, 0.6) is 0 Å². The first-order chi connectivity index (χ1) is 16.6. The monoisotopic (exact) mass is 483 g/mol. The fraction of sp³-hybridized carbons (Fsp3) is 0.857. The molecule has 0 bridgehead atoms. The number of methoxy groups -OCH3 is 2. The molecule has 0 saturated heterocycles. The largest absolute Gasteiger partial charge is 0.469 e.